The molecule has 0 aliphatic rings. The molecule has 0 rings (SSSR count). The average Bonchev–Trinajstić information content (AvgIpc) is 2.46. The van der Waals surface area contributed by atoms with E-state index in [4.69, 9.17) is 0 Å². The van der Waals surface area contributed by atoms with Crippen molar-refractivity contribution in [3.8, 4) is 0 Å². The molecular formula is C18H36O2Sn. The third-order valence-corrected chi connectivity index (χ3v) is 20.8. The van der Waals surface area contributed by atoms with Gasteiger partial charge in [-0.25, -0.2) is 0 Å². The van der Waals surface area contributed by atoms with Crippen LogP contribution in [0.3, 0.4) is 0 Å². The summed E-state index contributed by atoms with van der Waals surface area (Å²) in [6, 6.07) is 0. The van der Waals surface area contributed by atoms with Crippen LogP contribution in [-0.2, 0) is 4.79 Å². The van der Waals surface area contributed by atoms with E-state index in [0.717, 1.165) is 12.8 Å². The molecule has 0 amide bonds. The van der Waals surface area contributed by atoms with Gasteiger partial charge in [-0.1, -0.05) is 0 Å². The number of carboxylic acids is 1. The number of hydrogen-bond donors (Lipinski definition) is 1. The van der Waals surface area contributed by atoms with Gasteiger partial charge in [-0.2, -0.15) is 0 Å². The number of unbranched alkanes of at least 4 members (excludes halogenated alkanes) is 3. The predicted octanol–water partition coefficient (Wildman–Crippen LogP) is 6.19. The van der Waals surface area contributed by atoms with Crippen molar-refractivity contribution < 1.29 is 9.90 Å². The number of rotatable bonds is 13. The zero-order valence-corrected chi connectivity index (χ0v) is 17.6. The van der Waals surface area contributed by atoms with Crippen molar-refractivity contribution in [3.63, 3.8) is 0 Å². The molecule has 0 aliphatic heterocycles. The van der Waals surface area contributed by atoms with Crippen molar-refractivity contribution in [1.29, 1.82) is 0 Å². The van der Waals surface area contributed by atoms with Gasteiger partial charge in [0.1, 0.15) is 0 Å². The van der Waals surface area contributed by atoms with Gasteiger partial charge >= 0.3 is 136 Å². The summed E-state index contributed by atoms with van der Waals surface area (Å²) in [5.41, 5.74) is 0. The Kier molecular flexibility index (Phi) is 12.5. The molecule has 0 bridgehead atoms. The number of allylic oxidation sites excluding steroid dienone is 1. The van der Waals surface area contributed by atoms with Crippen LogP contribution in [0.15, 0.2) is 9.67 Å². The Morgan fingerprint density at radius 2 is 1.29 bits per heavy atom. The molecule has 0 radical (unpaired) electrons. The molecular weight excluding hydrogens is 367 g/mol. The minimum absolute atomic E-state index is 0.718. The SMILES string of the molecule is CCC[CH2][Sn]([CH2]CCC)([CH2]CCC)/[C](=C\C(=O)O)CCC. The van der Waals surface area contributed by atoms with E-state index in [-0.39, 0.29) is 0 Å². The fraction of sp³-hybridized carbons (Fsp3) is 0.833. The van der Waals surface area contributed by atoms with Gasteiger partial charge in [-0.05, 0) is 0 Å². The molecule has 0 unspecified atom stereocenters. The van der Waals surface area contributed by atoms with Crippen LogP contribution in [0, 0.1) is 0 Å². The number of aliphatic carboxylic acids is 1. The van der Waals surface area contributed by atoms with E-state index in [2.05, 4.69) is 27.7 Å². The van der Waals surface area contributed by atoms with Crippen molar-refractivity contribution in [2.45, 2.75) is 92.4 Å². The summed E-state index contributed by atoms with van der Waals surface area (Å²) in [7, 11) is 0. The first-order valence-electron chi connectivity index (χ1n) is 9.00. The molecule has 0 aromatic rings. The fourth-order valence-corrected chi connectivity index (χ4v) is 20.5. The van der Waals surface area contributed by atoms with Gasteiger partial charge in [0.2, 0.25) is 0 Å². The molecule has 0 fully saturated rings. The molecule has 2 nitrogen and oxygen atoms in total. The van der Waals surface area contributed by atoms with Gasteiger partial charge < -0.3 is 0 Å². The first-order valence-corrected chi connectivity index (χ1v) is 16.5. The third-order valence-electron chi connectivity index (χ3n) is 4.52. The van der Waals surface area contributed by atoms with E-state index in [0.29, 0.717) is 0 Å². The van der Waals surface area contributed by atoms with Crippen molar-refractivity contribution >= 4 is 24.3 Å². The summed E-state index contributed by atoms with van der Waals surface area (Å²) < 4.78 is 5.51. The molecule has 0 aromatic heterocycles. The van der Waals surface area contributed by atoms with Crippen LogP contribution >= 0.6 is 0 Å². The zero-order chi connectivity index (χ0) is 16.1. The molecule has 0 saturated heterocycles. The second kappa shape index (κ2) is 12.5. The number of hydrogen-bond acceptors (Lipinski definition) is 1. The van der Waals surface area contributed by atoms with E-state index in [1.54, 1.807) is 6.08 Å². The summed E-state index contributed by atoms with van der Waals surface area (Å²) in [5, 5.41) is 9.31. The standard InChI is InChI=1S/C6H9O2.3C4H9.Sn/c1-2-3-4-5-6(7)8;3*1-3-4-2;/h5H,2-3H2,1H3,(H,7,8);3*1,3-4H2,2H3;. The second-order valence-corrected chi connectivity index (χ2v) is 19.8. The number of carboxylic acid groups (broad SMARTS) is 1. The van der Waals surface area contributed by atoms with Crippen LogP contribution in [0.4, 0.5) is 0 Å². The third kappa shape index (κ3) is 8.27. The first kappa shape index (κ1) is 21.0. The molecule has 3 heteroatoms. The van der Waals surface area contributed by atoms with E-state index in [1.165, 1.54) is 55.4 Å². The molecule has 1 N–H and O–H groups in total. The van der Waals surface area contributed by atoms with E-state index < -0.39 is 24.3 Å². The van der Waals surface area contributed by atoms with Crippen LogP contribution < -0.4 is 0 Å². The Balaban J connectivity index is 5.44. The van der Waals surface area contributed by atoms with Crippen LogP contribution in [0.2, 0.25) is 13.3 Å². The Labute approximate surface area is 136 Å². The molecule has 0 aromatic carbocycles. The summed E-state index contributed by atoms with van der Waals surface area (Å²) in [6.45, 7) is 8.97. The predicted molar refractivity (Wildman–Crippen MR) is 95.5 cm³/mol. The zero-order valence-electron chi connectivity index (χ0n) is 14.7. The molecule has 0 aliphatic carbocycles. The van der Waals surface area contributed by atoms with Crippen molar-refractivity contribution in [2.75, 3.05) is 0 Å². The molecule has 0 heterocycles. The molecule has 0 atom stereocenters. The monoisotopic (exact) mass is 404 g/mol. The average molecular weight is 403 g/mol. The molecule has 0 spiro atoms. The maximum absolute atomic E-state index is 11.3. The van der Waals surface area contributed by atoms with E-state index in [1.807, 2.05) is 0 Å². The van der Waals surface area contributed by atoms with Crippen molar-refractivity contribution in [2.24, 2.45) is 0 Å². The van der Waals surface area contributed by atoms with Crippen molar-refractivity contribution in [1.82, 2.24) is 0 Å². The maximum atomic E-state index is 11.3. The van der Waals surface area contributed by atoms with Gasteiger partial charge in [-0.15, -0.1) is 0 Å². The summed E-state index contributed by atoms with van der Waals surface area (Å²) in [5.74, 6) is -0.718. The Bertz CT molecular complexity index is 289. The summed E-state index contributed by atoms with van der Waals surface area (Å²) in [4.78, 5) is 11.3. The molecule has 21 heavy (non-hydrogen) atoms. The molecule has 124 valence electrons. The topological polar surface area (TPSA) is 37.3 Å². The van der Waals surface area contributed by atoms with Gasteiger partial charge in [0, 0.05) is 0 Å². The Hall–Kier alpha value is 0.00870. The Morgan fingerprint density at radius 1 is 0.857 bits per heavy atom. The van der Waals surface area contributed by atoms with Crippen LogP contribution in [-0.4, -0.2) is 29.5 Å². The van der Waals surface area contributed by atoms with Gasteiger partial charge in [0.25, 0.3) is 0 Å². The Morgan fingerprint density at radius 3 is 1.57 bits per heavy atom. The summed E-state index contributed by atoms with van der Waals surface area (Å²) >= 11 is -2.48. The first-order chi connectivity index (χ1) is 10.1. The summed E-state index contributed by atoms with van der Waals surface area (Å²) in [6.07, 6.45) is 11.3. The van der Waals surface area contributed by atoms with E-state index >= 15 is 0 Å². The fourth-order valence-electron chi connectivity index (χ4n) is 3.31. The second-order valence-electron chi connectivity index (χ2n) is 6.35. The van der Waals surface area contributed by atoms with Crippen molar-refractivity contribution in [3.05, 3.63) is 9.67 Å². The quantitative estimate of drug-likeness (QED) is 0.294. The number of carbonyl (C=O) groups is 1. The van der Waals surface area contributed by atoms with Crippen LogP contribution in [0.1, 0.15) is 79.1 Å². The van der Waals surface area contributed by atoms with E-state index in [9.17, 15) is 9.90 Å². The minimum atomic E-state index is -2.48. The normalized spacial score (nSPS) is 12.7. The van der Waals surface area contributed by atoms with Crippen LogP contribution in [0.5, 0.6) is 0 Å². The molecule has 0 saturated carbocycles. The van der Waals surface area contributed by atoms with Crippen LogP contribution in [0.25, 0.3) is 0 Å². The van der Waals surface area contributed by atoms with Gasteiger partial charge in [-0.3, -0.25) is 0 Å². The van der Waals surface area contributed by atoms with Gasteiger partial charge in [0.05, 0.1) is 0 Å². The van der Waals surface area contributed by atoms with Gasteiger partial charge in [0.15, 0.2) is 0 Å².